The first-order chi connectivity index (χ1) is 13.5. The molecule has 156 valence electrons. The summed E-state index contributed by atoms with van der Waals surface area (Å²) in [5.41, 5.74) is -0.479. The van der Waals surface area contributed by atoms with E-state index in [2.05, 4.69) is 15.4 Å². The first kappa shape index (κ1) is 22.4. The number of ether oxygens (including phenoxy) is 1. The summed E-state index contributed by atoms with van der Waals surface area (Å²) in [6.45, 7) is -1.77. The van der Waals surface area contributed by atoms with Gasteiger partial charge in [0, 0.05) is 24.1 Å². The van der Waals surface area contributed by atoms with Crippen LogP contribution in [0.4, 0.5) is 27.6 Å². The fourth-order valence-electron chi connectivity index (χ4n) is 2.16. The quantitative estimate of drug-likeness (QED) is 0.635. The predicted molar refractivity (Wildman–Crippen MR) is 94.9 cm³/mol. The van der Waals surface area contributed by atoms with E-state index < -0.39 is 41.8 Å². The van der Waals surface area contributed by atoms with Crippen molar-refractivity contribution in [3.05, 3.63) is 58.6 Å². The van der Waals surface area contributed by atoms with Gasteiger partial charge in [-0.25, -0.2) is 8.78 Å². The molecule has 0 aliphatic carbocycles. The van der Waals surface area contributed by atoms with Gasteiger partial charge >= 0.3 is 6.18 Å². The molecule has 0 fully saturated rings. The highest BCUT2D eigenvalue weighted by atomic mass is 35.5. The van der Waals surface area contributed by atoms with Crippen molar-refractivity contribution in [1.82, 2.24) is 5.32 Å². The van der Waals surface area contributed by atoms with E-state index in [1.54, 1.807) is 0 Å². The van der Waals surface area contributed by atoms with Gasteiger partial charge in [-0.15, -0.1) is 0 Å². The van der Waals surface area contributed by atoms with Crippen molar-refractivity contribution < 1.29 is 36.3 Å². The number of benzene rings is 2. The Labute approximate surface area is 166 Å². The predicted octanol–water partition coefficient (Wildman–Crippen LogP) is 4.32. The Balaban J connectivity index is 1.92. The molecule has 0 saturated carbocycles. The maximum Gasteiger partial charge on any atom is 0.422 e. The number of carbonyl (C=O) groups excluding carboxylic acids is 2. The Morgan fingerprint density at radius 2 is 1.79 bits per heavy atom. The lowest BCUT2D eigenvalue weighted by Crippen LogP contribution is -2.28. The Morgan fingerprint density at radius 3 is 2.45 bits per heavy atom. The number of nitrogens with one attached hydrogen (secondary N) is 2. The number of carbonyl (C=O) groups is 2. The zero-order valence-corrected chi connectivity index (χ0v) is 15.3. The molecule has 0 spiro atoms. The van der Waals surface area contributed by atoms with Gasteiger partial charge in [0.05, 0.1) is 11.3 Å². The minimum atomic E-state index is -4.57. The monoisotopic (exact) mass is 436 g/mol. The van der Waals surface area contributed by atoms with Gasteiger partial charge in [-0.1, -0.05) is 11.6 Å². The first-order valence-electron chi connectivity index (χ1n) is 8.07. The SMILES string of the molecule is O=C(CCNC(=O)c1ccc(F)cc1F)Nc1cc(Cl)ccc1OCC(F)(F)F. The highest BCUT2D eigenvalue weighted by Gasteiger charge is 2.29. The van der Waals surface area contributed by atoms with Crippen molar-refractivity contribution in [2.45, 2.75) is 12.6 Å². The molecular weight excluding hydrogens is 423 g/mol. The number of anilines is 1. The zero-order chi connectivity index (χ0) is 21.6. The number of alkyl halides is 3. The Morgan fingerprint density at radius 1 is 1.07 bits per heavy atom. The van der Waals surface area contributed by atoms with Gasteiger partial charge in [0.25, 0.3) is 5.91 Å². The molecule has 5 nitrogen and oxygen atoms in total. The largest absolute Gasteiger partial charge is 0.482 e. The molecule has 0 bridgehead atoms. The maximum atomic E-state index is 13.5. The van der Waals surface area contributed by atoms with Crippen molar-refractivity contribution in [2.24, 2.45) is 0 Å². The number of hydrogen-bond acceptors (Lipinski definition) is 3. The third-order valence-electron chi connectivity index (χ3n) is 3.42. The van der Waals surface area contributed by atoms with Crippen LogP contribution in [-0.2, 0) is 4.79 Å². The molecule has 2 rings (SSSR count). The topological polar surface area (TPSA) is 67.4 Å². The molecular formula is C18H14ClF5N2O3. The molecule has 0 saturated heterocycles. The molecule has 0 radical (unpaired) electrons. The van der Waals surface area contributed by atoms with Crippen LogP contribution in [0.5, 0.6) is 5.75 Å². The van der Waals surface area contributed by atoms with E-state index in [9.17, 15) is 31.5 Å². The summed E-state index contributed by atoms with van der Waals surface area (Å²) in [5.74, 6) is -3.66. The summed E-state index contributed by atoms with van der Waals surface area (Å²) in [4.78, 5) is 23.8. The zero-order valence-electron chi connectivity index (χ0n) is 14.6. The van der Waals surface area contributed by atoms with E-state index >= 15 is 0 Å². The minimum absolute atomic E-state index is 0.0809. The Hall–Kier alpha value is -2.88. The Bertz CT molecular complexity index is 906. The van der Waals surface area contributed by atoms with Crippen molar-refractivity contribution in [3.8, 4) is 5.75 Å². The van der Waals surface area contributed by atoms with E-state index in [-0.39, 0.29) is 29.4 Å². The lowest BCUT2D eigenvalue weighted by molar-refractivity contribution is -0.153. The van der Waals surface area contributed by atoms with Crippen molar-refractivity contribution in [2.75, 3.05) is 18.5 Å². The number of rotatable bonds is 7. The fraction of sp³-hybridized carbons (Fsp3) is 0.222. The highest BCUT2D eigenvalue weighted by Crippen LogP contribution is 2.29. The normalized spacial score (nSPS) is 11.1. The van der Waals surface area contributed by atoms with E-state index in [4.69, 9.17) is 11.6 Å². The van der Waals surface area contributed by atoms with Gasteiger partial charge in [0.1, 0.15) is 17.4 Å². The van der Waals surface area contributed by atoms with Crippen LogP contribution >= 0.6 is 11.6 Å². The van der Waals surface area contributed by atoms with Gasteiger partial charge in [-0.2, -0.15) is 13.2 Å². The van der Waals surface area contributed by atoms with Crippen LogP contribution in [0.15, 0.2) is 36.4 Å². The molecule has 0 aromatic heterocycles. The Kier molecular flexibility index (Phi) is 7.38. The summed E-state index contributed by atoms with van der Waals surface area (Å²) in [5, 5.41) is 4.76. The van der Waals surface area contributed by atoms with Gasteiger partial charge in [-0.3, -0.25) is 9.59 Å². The smallest absolute Gasteiger partial charge is 0.422 e. The molecule has 11 heteroatoms. The highest BCUT2D eigenvalue weighted by molar-refractivity contribution is 6.31. The van der Waals surface area contributed by atoms with Gasteiger partial charge < -0.3 is 15.4 Å². The lowest BCUT2D eigenvalue weighted by atomic mass is 10.2. The lowest BCUT2D eigenvalue weighted by Gasteiger charge is -2.14. The molecule has 0 aliphatic heterocycles. The molecule has 0 heterocycles. The van der Waals surface area contributed by atoms with E-state index in [1.807, 2.05) is 0 Å². The molecule has 29 heavy (non-hydrogen) atoms. The first-order valence-corrected chi connectivity index (χ1v) is 8.45. The minimum Gasteiger partial charge on any atom is -0.482 e. The summed E-state index contributed by atoms with van der Waals surface area (Å²) >= 11 is 5.78. The second-order valence-electron chi connectivity index (χ2n) is 5.72. The van der Waals surface area contributed by atoms with Crippen LogP contribution < -0.4 is 15.4 Å². The molecule has 0 atom stereocenters. The van der Waals surface area contributed by atoms with Crippen LogP contribution in [0.1, 0.15) is 16.8 Å². The third-order valence-corrected chi connectivity index (χ3v) is 3.66. The van der Waals surface area contributed by atoms with E-state index in [0.717, 1.165) is 12.1 Å². The number of halogens is 6. The second-order valence-corrected chi connectivity index (χ2v) is 6.16. The third kappa shape index (κ3) is 7.22. The van der Waals surface area contributed by atoms with Gasteiger partial charge in [0.2, 0.25) is 5.91 Å². The molecule has 2 aromatic rings. The van der Waals surface area contributed by atoms with Crippen LogP contribution in [-0.4, -0.2) is 31.1 Å². The fourth-order valence-corrected chi connectivity index (χ4v) is 2.33. The molecule has 0 unspecified atom stereocenters. The van der Waals surface area contributed by atoms with E-state index in [1.165, 1.54) is 18.2 Å². The molecule has 2 N–H and O–H groups in total. The van der Waals surface area contributed by atoms with Gasteiger partial charge in [-0.05, 0) is 30.3 Å². The number of amides is 2. The summed E-state index contributed by atoms with van der Waals surface area (Å²) in [6.07, 6.45) is -4.85. The van der Waals surface area contributed by atoms with Gasteiger partial charge in [0.15, 0.2) is 6.61 Å². The molecule has 2 amide bonds. The molecule has 2 aromatic carbocycles. The van der Waals surface area contributed by atoms with Crippen LogP contribution in [0, 0.1) is 11.6 Å². The molecule has 0 aliphatic rings. The van der Waals surface area contributed by atoms with Crippen LogP contribution in [0.25, 0.3) is 0 Å². The summed E-state index contributed by atoms with van der Waals surface area (Å²) in [6, 6.07) is 6.08. The average Bonchev–Trinajstić information content (AvgIpc) is 2.60. The second kappa shape index (κ2) is 9.55. The van der Waals surface area contributed by atoms with Crippen LogP contribution in [0.2, 0.25) is 5.02 Å². The van der Waals surface area contributed by atoms with Crippen molar-refractivity contribution >= 4 is 29.1 Å². The van der Waals surface area contributed by atoms with Crippen LogP contribution in [0.3, 0.4) is 0 Å². The summed E-state index contributed by atoms with van der Waals surface area (Å²) in [7, 11) is 0. The van der Waals surface area contributed by atoms with Crippen molar-refractivity contribution in [1.29, 1.82) is 0 Å². The van der Waals surface area contributed by atoms with E-state index in [0.29, 0.717) is 6.07 Å². The van der Waals surface area contributed by atoms with Crippen molar-refractivity contribution in [3.63, 3.8) is 0 Å². The maximum absolute atomic E-state index is 13.5. The summed E-state index contributed by atoms with van der Waals surface area (Å²) < 4.78 is 68.0. The average molecular weight is 437 g/mol. The standard InChI is InChI=1S/C18H14ClF5N2O3/c19-10-1-4-15(29-9-18(22,23)24)14(7-10)26-16(27)5-6-25-17(28)12-3-2-11(20)8-13(12)21/h1-4,7-8H,5-6,9H2,(H,25,28)(H,26,27). The number of hydrogen-bond donors (Lipinski definition) is 2.